The number of benzene rings is 1. The van der Waals surface area contributed by atoms with Crippen molar-refractivity contribution < 1.29 is 9.90 Å². The molecule has 2 rings (SSSR count). The van der Waals surface area contributed by atoms with Crippen LogP contribution in [-0.4, -0.2) is 23.2 Å². The predicted octanol–water partition coefficient (Wildman–Crippen LogP) is 3.40. The van der Waals surface area contributed by atoms with Crippen LogP contribution in [0, 0.1) is 5.41 Å². The normalized spacial score (nSPS) is 20.4. The number of amides is 1. The summed E-state index contributed by atoms with van der Waals surface area (Å²) in [5.74, 6) is -0.189. The van der Waals surface area contributed by atoms with E-state index < -0.39 is 5.60 Å². The first kappa shape index (κ1) is 15.3. The highest BCUT2D eigenvalue weighted by Gasteiger charge is 2.36. The van der Waals surface area contributed by atoms with E-state index in [1.54, 1.807) is 24.3 Å². The van der Waals surface area contributed by atoms with Gasteiger partial charge in [0.15, 0.2) is 0 Å². The summed E-state index contributed by atoms with van der Waals surface area (Å²) in [4.78, 5) is 12.0. The van der Waals surface area contributed by atoms with E-state index in [-0.39, 0.29) is 5.91 Å². The molecule has 110 valence electrons. The molecule has 0 aromatic heterocycles. The van der Waals surface area contributed by atoms with Crippen molar-refractivity contribution in [3.05, 3.63) is 34.9 Å². The van der Waals surface area contributed by atoms with Crippen molar-refractivity contribution in [3.63, 3.8) is 0 Å². The zero-order valence-electron chi connectivity index (χ0n) is 12.1. The van der Waals surface area contributed by atoms with Crippen molar-refractivity contribution in [3.8, 4) is 0 Å². The van der Waals surface area contributed by atoms with Crippen molar-refractivity contribution in [2.45, 2.75) is 45.1 Å². The van der Waals surface area contributed by atoms with Gasteiger partial charge in [0.25, 0.3) is 5.91 Å². The highest BCUT2D eigenvalue weighted by Crippen LogP contribution is 2.39. The average molecular weight is 296 g/mol. The highest BCUT2D eigenvalue weighted by molar-refractivity contribution is 6.30. The van der Waals surface area contributed by atoms with Gasteiger partial charge in [0.05, 0.1) is 5.60 Å². The lowest BCUT2D eigenvalue weighted by atomic mass is 9.71. The van der Waals surface area contributed by atoms with Crippen LogP contribution in [-0.2, 0) is 0 Å². The molecule has 0 saturated heterocycles. The third-order valence-electron chi connectivity index (χ3n) is 4.20. The lowest BCUT2D eigenvalue weighted by Gasteiger charge is -2.40. The van der Waals surface area contributed by atoms with Gasteiger partial charge in [-0.1, -0.05) is 31.5 Å². The van der Waals surface area contributed by atoms with Crippen LogP contribution in [0.3, 0.4) is 0 Å². The lowest BCUT2D eigenvalue weighted by molar-refractivity contribution is -0.0233. The summed E-state index contributed by atoms with van der Waals surface area (Å²) >= 11 is 5.87. The smallest absolute Gasteiger partial charge is 0.251 e. The molecule has 1 aliphatic rings. The van der Waals surface area contributed by atoms with E-state index in [1.807, 2.05) is 0 Å². The number of aliphatic hydroxyl groups is 1. The molecule has 0 unspecified atom stereocenters. The van der Waals surface area contributed by atoms with Gasteiger partial charge < -0.3 is 10.4 Å². The van der Waals surface area contributed by atoms with E-state index in [2.05, 4.69) is 19.2 Å². The number of nitrogens with one attached hydrogen (secondary N) is 1. The second kappa shape index (κ2) is 5.74. The first-order chi connectivity index (χ1) is 9.30. The van der Waals surface area contributed by atoms with Gasteiger partial charge in [-0.25, -0.2) is 0 Å². The standard InChI is InChI=1S/C16H22ClNO2/c1-15(2)6-8-16(20,9-7-15)11-18-14(19)12-4-3-5-13(17)10-12/h3-5,10,20H,6-9,11H2,1-2H3,(H,18,19). The second-order valence-corrected chi connectivity index (χ2v) is 7.02. The summed E-state index contributed by atoms with van der Waals surface area (Å²) in [7, 11) is 0. The quantitative estimate of drug-likeness (QED) is 0.898. The first-order valence-corrected chi connectivity index (χ1v) is 7.44. The summed E-state index contributed by atoms with van der Waals surface area (Å²) in [6.07, 6.45) is 3.43. The van der Waals surface area contributed by atoms with Gasteiger partial charge in [-0.3, -0.25) is 4.79 Å². The van der Waals surface area contributed by atoms with Gasteiger partial charge in [-0.2, -0.15) is 0 Å². The molecule has 0 spiro atoms. The van der Waals surface area contributed by atoms with E-state index in [4.69, 9.17) is 11.6 Å². The van der Waals surface area contributed by atoms with Crippen molar-refractivity contribution in [1.29, 1.82) is 0 Å². The number of carbonyl (C=O) groups is 1. The number of carbonyl (C=O) groups excluding carboxylic acids is 1. The highest BCUT2D eigenvalue weighted by atomic mass is 35.5. The van der Waals surface area contributed by atoms with Crippen molar-refractivity contribution in [2.75, 3.05) is 6.54 Å². The van der Waals surface area contributed by atoms with Crippen LogP contribution in [0.2, 0.25) is 5.02 Å². The minimum atomic E-state index is -0.774. The molecule has 0 aliphatic heterocycles. The van der Waals surface area contributed by atoms with Crippen molar-refractivity contribution >= 4 is 17.5 Å². The molecular weight excluding hydrogens is 274 g/mol. The maximum absolute atomic E-state index is 12.0. The molecule has 20 heavy (non-hydrogen) atoms. The fourth-order valence-corrected chi connectivity index (χ4v) is 2.74. The van der Waals surface area contributed by atoms with Gasteiger partial charge in [-0.05, 0) is 49.3 Å². The Kier molecular flexibility index (Phi) is 4.40. The summed E-state index contributed by atoms with van der Waals surface area (Å²) in [6, 6.07) is 6.82. The maximum Gasteiger partial charge on any atom is 0.251 e. The Balaban J connectivity index is 1.90. The van der Waals surface area contributed by atoms with Gasteiger partial charge in [-0.15, -0.1) is 0 Å². The van der Waals surface area contributed by atoms with E-state index in [9.17, 15) is 9.90 Å². The molecule has 3 nitrogen and oxygen atoms in total. The summed E-state index contributed by atoms with van der Waals surface area (Å²) in [6.45, 7) is 4.74. The van der Waals surface area contributed by atoms with Crippen molar-refractivity contribution in [1.82, 2.24) is 5.32 Å². The second-order valence-electron chi connectivity index (χ2n) is 6.58. The Hall–Kier alpha value is -1.06. The van der Waals surface area contributed by atoms with Gasteiger partial charge in [0.1, 0.15) is 0 Å². The van der Waals surface area contributed by atoms with Gasteiger partial charge in [0.2, 0.25) is 0 Å². The van der Waals surface area contributed by atoms with E-state index in [0.717, 1.165) is 25.7 Å². The van der Waals surface area contributed by atoms with Crippen LogP contribution in [0.1, 0.15) is 49.9 Å². The third-order valence-corrected chi connectivity index (χ3v) is 4.43. The Morgan fingerprint density at radius 3 is 2.55 bits per heavy atom. The molecule has 2 N–H and O–H groups in total. The van der Waals surface area contributed by atoms with E-state index >= 15 is 0 Å². The first-order valence-electron chi connectivity index (χ1n) is 7.06. The molecule has 1 saturated carbocycles. The van der Waals surface area contributed by atoms with Crippen LogP contribution in [0.4, 0.5) is 0 Å². The van der Waals surface area contributed by atoms with E-state index in [0.29, 0.717) is 22.5 Å². The van der Waals surface area contributed by atoms with Crippen LogP contribution in [0.15, 0.2) is 24.3 Å². The topological polar surface area (TPSA) is 49.3 Å². The molecule has 1 aromatic carbocycles. The molecule has 1 fully saturated rings. The SMILES string of the molecule is CC1(C)CCC(O)(CNC(=O)c2cccc(Cl)c2)CC1. The molecular formula is C16H22ClNO2. The Morgan fingerprint density at radius 2 is 1.95 bits per heavy atom. The summed E-state index contributed by atoms with van der Waals surface area (Å²) in [5.41, 5.74) is 0.0460. The van der Waals surface area contributed by atoms with Crippen LogP contribution in [0.5, 0.6) is 0 Å². The van der Waals surface area contributed by atoms with E-state index in [1.165, 1.54) is 0 Å². The molecule has 1 amide bonds. The molecule has 0 radical (unpaired) electrons. The average Bonchev–Trinajstić information content (AvgIpc) is 2.40. The largest absolute Gasteiger partial charge is 0.388 e. The van der Waals surface area contributed by atoms with Crippen LogP contribution < -0.4 is 5.32 Å². The molecule has 1 aromatic rings. The molecule has 0 atom stereocenters. The monoisotopic (exact) mass is 295 g/mol. The molecule has 1 aliphatic carbocycles. The number of rotatable bonds is 3. The Labute approximate surface area is 125 Å². The fraction of sp³-hybridized carbons (Fsp3) is 0.562. The van der Waals surface area contributed by atoms with Gasteiger partial charge in [0, 0.05) is 17.1 Å². The van der Waals surface area contributed by atoms with Gasteiger partial charge >= 0.3 is 0 Å². The number of hydrogen-bond acceptors (Lipinski definition) is 2. The zero-order chi connectivity index (χ0) is 14.8. The summed E-state index contributed by atoms with van der Waals surface area (Å²) in [5, 5.41) is 13.9. The number of halogens is 1. The fourth-order valence-electron chi connectivity index (χ4n) is 2.55. The molecule has 0 bridgehead atoms. The zero-order valence-corrected chi connectivity index (χ0v) is 12.8. The van der Waals surface area contributed by atoms with Crippen molar-refractivity contribution in [2.24, 2.45) is 5.41 Å². The summed E-state index contributed by atoms with van der Waals surface area (Å²) < 4.78 is 0. The van der Waals surface area contributed by atoms with Crippen LogP contribution in [0.25, 0.3) is 0 Å². The Morgan fingerprint density at radius 1 is 1.30 bits per heavy atom. The Bertz CT molecular complexity index is 489. The lowest BCUT2D eigenvalue weighted by Crippen LogP contribution is -2.46. The predicted molar refractivity (Wildman–Crippen MR) is 81.0 cm³/mol. The third kappa shape index (κ3) is 3.97. The van der Waals surface area contributed by atoms with Crippen LogP contribution >= 0.6 is 11.6 Å². The number of hydrogen-bond donors (Lipinski definition) is 2. The minimum Gasteiger partial charge on any atom is -0.388 e. The maximum atomic E-state index is 12.0. The molecule has 0 heterocycles. The molecule has 4 heteroatoms. The minimum absolute atomic E-state index is 0.189.